The molecular formula is C27H45N5O4. The van der Waals surface area contributed by atoms with Crippen LogP contribution in [-0.4, -0.2) is 89.4 Å². The Morgan fingerprint density at radius 2 is 2.08 bits per heavy atom. The minimum atomic E-state index is -0.989. The van der Waals surface area contributed by atoms with Gasteiger partial charge in [-0.3, -0.25) is 0 Å². The van der Waals surface area contributed by atoms with E-state index in [2.05, 4.69) is 27.7 Å². The molecule has 3 rings (SSSR count). The second-order valence-corrected chi connectivity index (χ2v) is 10.5. The van der Waals surface area contributed by atoms with Gasteiger partial charge >= 0.3 is 12.0 Å². The van der Waals surface area contributed by atoms with Gasteiger partial charge in [0.2, 0.25) is 0 Å². The molecular weight excluding hydrogens is 458 g/mol. The summed E-state index contributed by atoms with van der Waals surface area (Å²) in [5, 5.41) is 15.9. The molecule has 0 saturated carbocycles. The normalized spacial score (nSPS) is 17.5. The highest BCUT2D eigenvalue weighted by molar-refractivity contribution is 5.83. The molecule has 2 aliphatic heterocycles. The van der Waals surface area contributed by atoms with Gasteiger partial charge in [-0.05, 0) is 90.3 Å². The summed E-state index contributed by atoms with van der Waals surface area (Å²) in [7, 11) is 0. The molecule has 0 aromatic carbocycles. The van der Waals surface area contributed by atoms with Gasteiger partial charge in [0.25, 0.3) is 0 Å². The van der Waals surface area contributed by atoms with Crippen molar-refractivity contribution in [1.29, 1.82) is 0 Å². The first-order valence-electron chi connectivity index (χ1n) is 13.6. The van der Waals surface area contributed by atoms with Crippen LogP contribution in [-0.2, 0) is 22.4 Å². The zero-order valence-electron chi connectivity index (χ0n) is 22.4. The SMILES string of the molecule is CCOCCN(CCCCc1ccc2c(n1)NCCC2)CC[C@H](NC(=O)N1CCCC1(C)C)C(=O)O. The maximum atomic E-state index is 12.8. The minimum absolute atomic E-state index is 0.236. The number of anilines is 1. The van der Waals surface area contributed by atoms with Crippen molar-refractivity contribution in [1.82, 2.24) is 20.1 Å². The van der Waals surface area contributed by atoms with Crippen molar-refractivity contribution >= 4 is 17.8 Å². The number of rotatable bonds is 14. The summed E-state index contributed by atoms with van der Waals surface area (Å²) in [5.41, 5.74) is 2.18. The number of carbonyl (C=O) groups excluding carboxylic acids is 1. The third-order valence-corrected chi connectivity index (χ3v) is 7.34. The van der Waals surface area contributed by atoms with Crippen LogP contribution in [0.25, 0.3) is 0 Å². The third kappa shape index (κ3) is 8.34. The van der Waals surface area contributed by atoms with Gasteiger partial charge in [-0.15, -0.1) is 0 Å². The summed E-state index contributed by atoms with van der Waals surface area (Å²) in [6, 6.07) is 3.15. The molecule has 0 unspecified atom stereocenters. The van der Waals surface area contributed by atoms with Gasteiger partial charge in [-0.1, -0.05) is 6.07 Å². The van der Waals surface area contributed by atoms with E-state index in [-0.39, 0.29) is 11.6 Å². The van der Waals surface area contributed by atoms with Crippen LogP contribution in [0.2, 0.25) is 0 Å². The number of carboxylic acids is 1. The van der Waals surface area contributed by atoms with Gasteiger partial charge in [-0.25, -0.2) is 14.6 Å². The largest absolute Gasteiger partial charge is 0.480 e. The van der Waals surface area contributed by atoms with Crippen LogP contribution < -0.4 is 10.6 Å². The fourth-order valence-corrected chi connectivity index (χ4v) is 5.10. The van der Waals surface area contributed by atoms with Gasteiger partial charge in [0, 0.05) is 44.0 Å². The van der Waals surface area contributed by atoms with Crippen molar-refractivity contribution in [2.75, 3.05) is 51.3 Å². The quantitative estimate of drug-likeness (QED) is 0.334. The van der Waals surface area contributed by atoms with Crippen molar-refractivity contribution in [3.8, 4) is 0 Å². The maximum absolute atomic E-state index is 12.8. The lowest BCUT2D eigenvalue weighted by molar-refractivity contribution is -0.139. The van der Waals surface area contributed by atoms with Crippen LogP contribution in [0, 0.1) is 0 Å². The van der Waals surface area contributed by atoms with Crippen molar-refractivity contribution in [3.63, 3.8) is 0 Å². The number of amides is 2. The number of nitrogens with one attached hydrogen (secondary N) is 2. The molecule has 1 fully saturated rings. The Bertz CT molecular complexity index is 863. The molecule has 3 N–H and O–H groups in total. The van der Waals surface area contributed by atoms with E-state index in [4.69, 9.17) is 9.72 Å². The number of aliphatic carboxylic acids is 1. The summed E-state index contributed by atoms with van der Waals surface area (Å²) < 4.78 is 5.55. The van der Waals surface area contributed by atoms with E-state index >= 15 is 0 Å². The van der Waals surface area contributed by atoms with E-state index in [1.54, 1.807) is 4.90 Å². The number of fused-ring (bicyclic) bond motifs is 1. The van der Waals surface area contributed by atoms with Crippen molar-refractivity contribution in [2.45, 2.75) is 83.7 Å². The van der Waals surface area contributed by atoms with Gasteiger partial charge in [0.1, 0.15) is 11.9 Å². The molecule has 9 heteroatoms. The number of aromatic nitrogens is 1. The number of nitrogens with zero attached hydrogens (tertiary/aromatic N) is 3. The molecule has 2 amide bonds. The number of hydrogen-bond donors (Lipinski definition) is 3. The molecule has 0 aliphatic carbocycles. The Morgan fingerprint density at radius 1 is 1.25 bits per heavy atom. The summed E-state index contributed by atoms with van der Waals surface area (Å²) in [5.74, 6) is 0.0494. The molecule has 36 heavy (non-hydrogen) atoms. The molecule has 0 radical (unpaired) electrons. The molecule has 9 nitrogen and oxygen atoms in total. The number of pyridine rings is 1. The van der Waals surface area contributed by atoms with Crippen LogP contribution in [0.5, 0.6) is 0 Å². The molecule has 2 aliphatic rings. The molecule has 1 aromatic rings. The highest BCUT2D eigenvalue weighted by Crippen LogP contribution is 2.28. The Morgan fingerprint density at radius 3 is 2.81 bits per heavy atom. The smallest absolute Gasteiger partial charge is 0.326 e. The van der Waals surface area contributed by atoms with Crippen LogP contribution >= 0.6 is 0 Å². The van der Waals surface area contributed by atoms with Gasteiger partial charge < -0.3 is 30.3 Å². The summed E-state index contributed by atoms with van der Waals surface area (Å²) >= 11 is 0. The van der Waals surface area contributed by atoms with E-state index in [9.17, 15) is 14.7 Å². The Kier molecular flexibility index (Phi) is 10.8. The monoisotopic (exact) mass is 503 g/mol. The lowest BCUT2D eigenvalue weighted by atomic mass is 10.0. The Balaban J connectivity index is 1.47. The molecule has 1 aromatic heterocycles. The van der Waals surface area contributed by atoms with Crippen LogP contribution in [0.4, 0.5) is 10.6 Å². The van der Waals surface area contributed by atoms with Gasteiger partial charge in [0.05, 0.1) is 6.61 Å². The van der Waals surface area contributed by atoms with Crippen molar-refractivity contribution in [2.24, 2.45) is 0 Å². The minimum Gasteiger partial charge on any atom is -0.480 e. The maximum Gasteiger partial charge on any atom is 0.326 e. The second-order valence-electron chi connectivity index (χ2n) is 10.5. The van der Waals surface area contributed by atoms with Crippen molar-refractivity contribution < 1.29 is 19.4 Å². The molecule has 1 saturated heterocycles. The number of likely N-dealkylation sites (tertiary alicyclic amines) is 1. The number of carbonyl (C=O) groups is 2. The number of ether oxygens (including phenoxy) is 1. The van der Waals surface area contributed by atoms with E-state index in [1.807, 2.05) is 20.8 Å². The number of aryl methyl sites for hydroxylation is 2. The van der Waals surface area contributed by atoms with E-state index in [0.29, 0.717) is 32.7 Å². The first-order chi connectivity index (χ1) is 17.3. The number of carboxylic acid groups (broad SMARTS) is 1. The fourth-order valence-electron chi connectivity index (χ4n) is 5.10. The van der Waals surface area contributed by atoms with Crippen LogP contribution in [0.15, 0.2) is 12.1 Å². The highest BCUT2D eigenvalue weighted by Gasteiger charge is 2.36. The molecule has 1 atom stereocenters. The molecule has 3 heterocycles. The first kappa shape index (κ1) is 28.2. The van der Waals surface area contributed by atoms with E-state index < -0.39 is 12.0 Å². The number of urea groups is 1. The number of hydrogen-bond acceptors (Lipinski definition) is 6. The van der Waals surface area contributed by atoms with Crippen molar-refractivity contribution in [3.05, 3.63) is 23.4 Å². The van der Waals surface area contributed by atoms with Gasteiger partial charge in [-0.2, -0.15) is 0 Å². The predicted molar refractivity (Wildman–Crippen MR) is 142 cm³/mol. The standard InChI is InChI=1S/C27H45N5O4/c1-4-36-20-19-31(16-6-5-10-22-12-11-21-9-7-15-28-24(21)29-22)18-13-23(25(33)34)30-26(35)32-17-8-14-27(32,2)3/h11-12,23H,4-10,13-20H2,1-3H3,(H,28,29)(H,30,35)(H,33,34)/t23-/m0/s1. The summed E-state index contributed by atoms with van der Waals surface area (Å²) in [6.07, 6.45) is 7.42. The average Bonchev–Trinajstić information content (AvgIpc) is 3.22. The fraction of sp³-hybridized carbons (Fsp3) is 0.741. The Labute approximate surface area is 216 Å². The third-order valence-electron chi connectivity index (χ3n) is 7.34. The average molecular weight is 504 g/mol. The lowest BCUT2D eigenvalue weighted by Crippen LogP contribution is -2.53. The second kappa shape index (κ2) is 13.8. The number of unbranched alkanes of at least 4 members (excludes halogenated alkanes) is 1. The predicted octanol–water partition coefficient (Wildman–Crippen LogP) is 3.53. The Hall–Kier alpha value is -2.39. The highest BCUT2D eigenvalue weighted by atomic mass is 16.5. The zero-order valence-corrected chi connectivity index (χ0v) is 22.4. The molecule has 202 valence electrons. The van der Waals surface area contributed by atoms with Crippen LogP contribution in [0.1, 0.15) is 70.6 Å². The van der Waals surface area contributed by atoms with Gasteiger partial charge in [0.15, 0.2) is 0 Å². The van der Waals surface area contributed by atoms with E-state index in [1.165, 1.54) is 5.56 Å². The zero-order chi connectivity index (χ0) is 26.0. The lowest BCUT2D eigenvalue weighted by Gasteiger charge is -2.33. The summed E-state index contributed by atoms with van der Waals surface area (Å²) in [4.78, 5) is 33.5. The van der Waals surface area contributed by atoms with E-state index in [0.717, 1.165) is 76.1 Å². The molecule has 0 spiro atoms. The first-order valence-corrected chi connectivity index (χ1v) is 13.6. The summed E-state index contributed by atoms with van der Waals surface area (Å²) in [6.45, 7) is 11.2. The topological polar surface area (TPSA) is 107 Å². The van der Waals surface area contributed by atoms with Crippen LogP contribution in [0.3, 0.4) is 0 Å². The molecule has 0 bridgehead atoms.